The highest BCUT2D eigenvalue weighted by atomic mass is 32.2. The second kappa shape index (κ2) is 7.16. The Kier molecular flexibility index (Phi) is 5.01. The molecule has 2 aromatic carbocycles. The molecule has 0 fully saturated rings. The maximum atomic E-state index is 14.2. The number of halogens is 1. The van der Waals surface area contributed by atoms with E-state index < -0.39 is 0 Å². The maximum Gasteiger partial charge on any atom is 0.147 e. The minimum absolute atomic E-state index is 0.166. The third-order valence-electron chi connectivity index (χ3n) is 3.94. The lowest BCUT2D eigenvalue weighted by Gasteiger charge is -2.35. The van der Waals surface area contributed by atoms with Crippen LogP contribution < -0.4 is 9.62 Å². The van der Waals surface area contributed by atoms with Crippen LogP contribution in [0.15, 0.2) is 48.5 Å². The predicted molar refractivity (Wildman–Crippen MR) is 93.2 cm³/mol. The molecule has 1 atom stereocenters. The fourth-order valence-corrected chi connectivity index (χ4v) is 4.21. The predicted octanol–water partition coefficient (Wildman–Crippen LogP) is 4.54. The molecule has 1 aliphatic rings. The highest BCUT2D eigenvalue weighted by molar-refractivity contribution is 8.01. The summed E-state index contributed by atoms with van der Waals surface area (Å²) in [7, 11) is 1.98. The molecule has 0 saturated carbocycles. The zero-order chi connectivity index (χ0) is 15.4. The van der Waals surface area contributed by atoms with Gasteiger partial charge in [0.2, 0.25) is 0 Å². The fraction of sp³-hybridized carbons (Fsp3) is 0.333. The topological polar surface area (TPSA) is 15.3 Å². The molecule has 116 valence electrons. The molecule has 0 amide bonds. The fourth-order valence-electron chi connectivity index (χ4n) is 2.83. The van der Waals surface area contributed by atoms with E-state index in [4.69, 9.17) is 0 Å². The van der Waals surface area contributed by atoms with Crippen LogP contribution in [0.25, 0.3) is 0 Å². The Balaban J connectivity index is 1.89. The Bertz CT molecular complexity index is 632. The third-order valence-corrected chi connectivity index (χ3v) is 5.24. The highest BCUT2D eigenvalue weighted by Crippen LogP contribution is 2.44. The monoisotopic (exact) mass is 316 g/mol. The number of hydrogen-bond acceptors (Lipinski definition) is 3. The average Bonchev–Trinajstić information content (AvgIpc) is 2.55. The Morgan fingerprint density at radius 1 is 1.14 bits per heavy atom. The average molecular weight is 316 g/mol. The van der Waals surface area contributed by atoms with E-state index >= 15 is 0 Å². The lowest BCUT2D eigenvalue weighted by Crippen LogP contribution is -2.25. The lowest BCUT2D eigenvalue weighted by atomic mass is 10.0. The molecule has 0 saturated heterocycles. The van der Waals surface area contributed by atoms with Crippen molar-refractivity contribution >= 4 is 23.3 Å². The number of benzene rings is 2. The van der Waals surface area contributed by atoms with Crippen LogP contribution in [-0.2, 0) is 6.42 Å². The van der Waals surface area contributed by atoms with Gasteiger partial charge in [0.25, 0.3) is 0 Å². The van der Waals surface area contributed by atoms with Crippen molar-refractivity contribution in [2.45, 2.75) is 24.5 Å². The number of fused-ring (bicyclic) bond motifs is 1. The summed E-state index contributed by atoms with van der Waals surface area (Å²) in [6.07, 6.45) is 3.32. The number of anilines is 2. The van der Waals surface area contributed by atoms with Gasteiger partial charge in [-0.15, -0.1) is 0 Å². The van der Waals surface area contributed by atoms with Crippen molar-refractivity contribution in [3.05, 3.63) is 59.9 Å². The molecule has 22 heavy (non-hydrogen) atoms. The minimum atomic E-state index is -0.166. The van der Waals surface area contributed by atoms with Crippen molar-refractivity contribution < 1.29 is 4.39 Å². The molecular weight excluding hydrogens is 295 g/mol. The number of rotatable bonds is 5. The van der Waals surface area contributed by atoms with Gasteiger partial charge >= 0.3 is 0 Å². The Hall–Kier alpha value is -1.52. The van der Waals surface area contributed by atoms with Gasteiger partial charge in [-0.25, -0.2) is 4.39 Å². The van der Waals surface area contributed by atoms with E-state index in [9.17, 15) is 4.39 Å². The largest absolute Gasteiger partial charge is 0.320 e. The first-order valence-electron chi connectivity index (χ1n) is 7.73. The quantitative estimate of drug-likeness (QED) is 0.644. The Labute approximate surface area is 135 Å². The number of nitrogens with one attached hydrogen (secondary N) is 1. The maximum absolute atomic E-state index is 14.2. The first-order valence-corrected chi connectivity index (χ1v) is 8.57. The first-order chi connectivity index (χ1) is 10.8. The van der Waals surface area contributed by atoms with Crippen LogP contribution in [0.2, 0.25) is 0 Å². The van der Waals surface area contributed by atoms with Crippen LogP contribution in [0, 0.1) is 5.82 Å². The van der Waals surface area contributed by atoms with E-state index in [1.54, 1.807) is 18.0 Å². The lowest BCUT2D eigenvalue weighted by molar-refractivity contribution is 0.628. The number of para-hydroxylation sites is 2. The molecule has 0 aliphatic carbocycles. The minimum Gasteiger partial charge on any atom is -0.320 e. The molecule has 1 heterocycles. The third kappa shape index (κ3) is 3.28. The van der Waals surface area contributed by atoms with Crippen molar-refractivity contribution in [2.24, 2.45) is 0 Å². The summed E-state index contributed by atoms with van der Waals surface area (Å²) in [5.74, 6) is -0.166. The van der Waals surface area contributed by atoms with Crippen molar-refractivity contribution in [3.63, 3.8) is 0 Å². The summed E-state index contributed by atoms with van der Waals surface area (Å²) in [6, 6.07) is 15.4. The van der Waals surface area contributed by atoms with E-state index in [1.807, 2.05) is 25.2 Å². The Morgan fingerprint density at radius 2 is 1.86 bits per heavy atom. The van der Waals surface area contributed by atoms with Gasteiger partial charge in [0.1, 0.15) is 5.82 Å². The number of nitrogens with zero attached hydrogens (tertiary/aromatic N) is 1. The summed E-state index contributed by atoms with van der Waals surface area (Å²) >= 11 is 1.76. The molecule has 1 aliphatic heterocycles. The van der Waals surface area contributed by atoms with Gasteiger partial charge < -0.3 is 5.32 Å². The van der Waals surface area contributed by atoms with Gasteiger partial charge in [0, 0.05) is 5.25 Å². The van der Waals surface area contributed by atoms with Gasteiger partial charge in [0.05, 0.1) is 11.4 Å². The van der Waals surface area contributed by atoms with Crippen molar-refractivity contribution in [1.29, 1.82) is 0 Å². The van der Waals surface area contributed by atoms with Crippen LogP contribution in [-0.4, -0.2) is 18.8 Å². The molecule has 2 aromatic rings. The van der Waals surface area contributed by atoms with Crippen LogP contribution in [0.4, 0.5) is 15.8 Å². The summed E-state index contributed by atoms with van der Waals surface area (Å²) in [5, 5.41) is 3.68. The standard InChI is InChI=1S/C18H21FN2S/c1-20-12-6-8-15-13-14-7-2-4-10-17(14)21(22-15)18-11-5-3-9-16(18)19/h2-5,7,9-11,15,20H,6,8,12-13H2,1H3. The van der Waals surface area contributed by atoms with Gasteiger partial charge in [-0.3, -0.25) is 4.31 Å². The first kappa shape index (κ1) is 15.4. The SMILES string of the molecule is CNCCCC1Cc2ccccc2N(c2ccccc2F)S1. The van der Waals surface area contributed by atoms with Crippen molar-refractivity contribution in [2.75, 3.05) is 17.9 Å². The molecule has 1 N–H and O–H groups in total. The van der Waals surface area contributed by atoms with Crippen LogP contribution in [0.5, 0.6) is 0 Å². The molecular formula is C18H21FN2S. The Morgan fingerprint density at radius 3 is 2.64 bits per heavy atom. The van der Waals surface area contributed by atoms with Crippen LogP contribution in [0.1, 0.15) is 18.4 Å². The molecule has 2 nitrogen and oxygen atoms in total. The molecule has 0 radical (unpaired) electrons. The van der Waals surface area contributed by atoms with Crippen molar-refractivity contribution in [3.8, 4) is 0 Å². The van der Waals surface area contributed by atoms with Gasteiger partial charge in [-0.05, 0) is 68.6 Å². The number of hydrogen-bond donors (Lipinski definition) is 1. The smallest absolute Gasteiger partial charge is 0.147 e. The normalized spacial score (nSPS) is 17.4. The van der Waals surface area contributed by atoms with Gasteiger partial charge in [-0.2, -0.15) is 0 Å². The molecule has 0 spiro atoms. The van der Waals surface area contributed by atoms with Crippen LogP contribution in [0.3, 0.4) is 0 Å². The second-order valence-electron chi connectivity index (χ2n) is 5.55. The van der Waals surface area contributed by atoms with Gasteiger partial charge in [-0.1, -0.05) is 30.3 Å². The van der Waals surface area contributed by atoms with Gasteiger partial charge in [0.15, 0.2) is 0 Å². The summed E-state index contributed by atoms with van der Waals surface area (Å²) in [4.78, 5) is 0. The van der Waals surface area contributed by atoms with Crippen molar-refractivity contribution in [1.82, 2.24) is 5.32 Å². The van der Waals surface area contributed by atoms with E-state index in [1.165, 1.54) is 11.6 Å². The second-order valence-corrected chi connectivity index (χ2v) is 6.79. The molecule has 4 heteroatoms. The van der Waals surface area contributed by atoms with Crippen LogP contribution >= 0.6 is 11.9 Å². The van der Waals surface area contributed by atoms with E-state index in [0.717, 1.165) is 31.5 Å². The summed E-state index contributed by atoms with van der Waals surface area (Å²) in [6.45, 7) is 1.03. The zero-order valence-electron chi connectivity index (χ0n) is 12.8. The van der Waals surface area contributed by atoms with E-state index in [2.05, 4.69) is 27.8 Å². The highest BCUT2D eigenvalue weighted by Gasteiger charge is 2.27. The van der Waals surface area contributed by atoms with E-state index in [0.29, 0.717) is 10.9 Å². The molecule has 0 aromatic heterocycles. The van der Waals surface area contributed by atoms with E-state index in [-0.39, 0.29) is 5.82 Å². The summed E-state index contributed by atoms with van der Waals surface area (Å²) < 4.78 is 16.3. The molecule has 3 rings (SSSR count). The summed E-state index contributed by atoms with van der Waals surface area (Å²) in [5.41, 5.74) is 3.07. The molecule has 0 bridgehead atoms. The zero-order valence-corrected chi connectivity index (χ0v) is 13.6. The molecule has 1 unspecified atom stereocenters.